The van der Waals surface area contributed by atoms with Gasteiger partial charge < -0.3 is 4.98 Å². The maximum absolute atomic E-state index is 13.2. The summed E-state index contributed by atoms with van der Waals surface area (Å²) < 4.78 is 104. The van der Waals surface area contributed by atoms with Crippen LogP contribution in [-0.2, 0) is 28.7 Å². The normalized spacial score (nSPS) is 13.0. The summed E-state index contributed by atoms with van der Waals surface area (Å²) in [6.07, 6.45) is -9.74. The van der Waals surface area contributed by atoms with E-state index in [1.165, 1.54) is 6.92 Å². The van der Waals surface area contributed by atoms with Crippen LogP contribution in [0.25, 0.3) is 10.9 Å². The molecule has 14 heteroatoms. The highest BCUT2D eigenvalue weighted by Gasteiger charge is 2.33. The van der Waals surface area contributed by atoms with Crippen molar-refractivity contribution < 1.29 is 34.8 Å². The van der Waals surface area contributed by atoms with Crippen LogP contribution in [0.4, 0.5) is 26.3 Å². The lowest BCUT2D eigenvalue weighted by atomic mass is 10.1. The van der Waals surface area contributed by atoms with E-state index < -0.39 is 83.2 Å². The molecule has 1 N–H and O–H groups in total. The Morgan fingerprint density at radius 2 is 1.58 bits per heavy atom. The minimum absolute atomic E-state index is 0.309. The Bertz CT molecular complexity index is 1470. The van der Waals surface area contributed by atoms with E-state index in [4.69, 9.17) is 11.6 Å². The standard InChI is InChI=1S/C19H13ClF6N2O4S/c1-2-33(31,32)14-4-3-10(18(21,22)23)5-9(14)8-28-16(29)12-6-11(19(24,25)26)7-13(20)15(12)27-17(28)30/h3-7H,2,8H2,1H3,(H,27,30). The van der Waals surface area contributed by atoms with Crippen molar-refractivity contribution >= 4 is 32.3 Å². The lowest BCUT2D eigenvalue weighted by Gasteiger charge is -2.15. The number of rotatable bonds is 4. The molecule has 0 saturated carbocycles. The van der Waals surface area contributed by atoms with Crippen molar-refractivity contribution in [2.45, 2.75) is 30.7 Å². The van der Waals surface area contributed by atoms with Crippen LogP contribution in [0, 0.1) is 0 Å². The summed E-state index contributed by atoms with van der Waals surface area (Å²) >= 11 is 5.78. The van der Waals surface area contributed by atoms with Crippen LogP contribution in [0.3, 0.4) is 0 Å². The maximum atomic E-state index is 13.2. The Kier molecular flexibility index (Phi) is 6.17. The van der Waals surface area contributed by atoms with E-state index in [2.05, 4.69) is 4.98 Å². The van der Waals surface area contributed by atoms with Gasteiger partial charge in [-0.25, -0.2) is 13.2 Å². The monoisotopic (exact) mass is 514 g/mol. The van der Waals surface area contributed by atoms with E-state index in [1.807, 2.05) is 0 Å². The Balaban J connectivity index is 2.31. The third-order valence-electron chi connectivity index (χ3n) is 4.80. The van der Waals surface area contributed by atoms with Gasteiger partial charge in [0.1, 0.15) is 0 Å². The zero-order chi connectivity index (χ0) is 24.9. The molecular weight excluding hydrogens is 502 g/mol. The average molecular weight is 515 g/mol. The maximum Gasteiger partial charge on any atom is 0.416 e. The quantitative estimate of drug-likeness (QED) is 0.528. The highest BCUT2D eigenvalue weighted by Crippen LogP contribution is 2.34. The summed E-state index contributed by atoms with van der Waals surface area (Å²) in [6, 6.07) is 2.65. The molecule has 178 valence electrons. The van der Waals surface area contributed by atoms with E-state index in [0.717, 1.165) is 0 Å². The Labute approximate surface area is 186 Å². The number of alkyl halides is 6. The second-order valence-electron chi connectivity index (χ2n) is 6.92. The van der Waals surface area contributed by atoms with Crippen LogP contribution in [0.1, 0.15) is 23.6 Å². The summed E-state index contributed by atoms with van der Waals surface area (Å²) in [6.45, 7) is 0.295. The summed E-state index contributed by atoms with van der Waals surface area (Å²) in [7, 11) is -4.08. The van der Waals surface area contributed by atoms with E-state index in [0.29, 0.717) is 34.9 Å². The number of halogens is 7. The van der Waals surface area contributed by atoms with Crippen molar-refractivity contribution in [2.75, 3.05) is 5.75 Å². The minimum atomic E-state index is -4.88. The van der Waals surface area contributed by atoms with Crippen LogP contribution >= 0.6 is 11.6 Å². The van der Waals surface area contributed by atoms with Crippen LogP contribution in [0.15, 0.2) is 44.8 Å². The number of benzene rings is 2. The van der Waals surface area contributed by atoms with Gasteiger partial charge in [-0.15, -0.1) is 0 Å². The number of fused-ring (bicyclic) bond motifs is 1. The first-order valence-corrected chi connectivity index (χ1v) is 11.1. The molecular formula is C19H13ClF6N2O4S. The average Bonchev–Trinajstić information content (AvgIpc) is 2.70. The zero-order valence-electron chi connectivity index (χ0n) is 16.4. The highest BCUT2D eigenvalue weighted by molar-refractivity contribution is 7.91. The van der Waals surface area contributed by atoms with Crippen molar-refractivity contribution in [3.63, 3.8) is 0 Å². The third kappa shape index (κ3) is 4.78. The van der Waals surface area contributed by atoms with Crippen LogP contribution in [0.2, 0.25) is 5.02 Å². The van der Waals surface area contributed by atoms with Crippen molar-refractivity contribution in [3.05, 3.63) is 72.9 Å². The third-order valence-corrected chi connectivity index (χ3v) is 6.93. The Hall–Kier alpha value is -2.80. The van der Waals surface area contributed by atoms with Gasteiger partial charge in [0.05, 0.1) is 44.2 Å². The van der Waals surface area contributed by atoms with Gasteiger partial charge in [0.2, 0.25) is 0 Å². The Morgan fingerprint density at radius 1 is 0.970 bits per heavy atom. The van der Waals surface area contributed by atoms with Gasteiger partial charge >= 0.3 is 18.0 Å². The van der Waals surface area contributed by atoms with Crippen LogP contribution < -0.4 is 11.2 Å². The number of aromatic amines is 1. The molecule has 0 atom stereocenters. The number of H-pyrrole nitrogens is 1. The van der Waals surface area contributed by atoms with E-state index in [1.54, 1.807) is 0 Å². The smallest absolute Gasteiger partial charge is 0.305 e. The molecule has 2 aromatic carbocycles. The summed E-state index contributed by atoms with van der Waals surface area (Å²) in [5.74, 6) is -0.487. The fourth-order valence-corrected chi connectivity index (χ4v) is 4.51. The number of hydrogen-bond acceptors (Lipinski definition) is 4. The predicted octanol–water partition coefficient (Wildman–Crippen LogP) is 4.22. The number of hydrogen-bond donors (Lipinski definition) is 1. The molecule has 3 rings (SSSR count). The van der Waals surface area contributed by atoms with E-state index in [-0.39, 0.29) is 0 Å². The molecule has 0 aliphatic rings. The molecule has 0 bridgehead atoms. The minimum Gasteiger partial charge on any atom is -0.305 e. The summed E-state index contributed by atoms with van der Waals surface area (Å²) in [5.41, 5.74) is -5.95. The van der Waals surface area contributed by atoms with Crippen molar-refractivity contribution in [3.8, 4) is 0 Å². The zero-order valence-corrected chi connectivity index (χ0v) is 18.0. The fourth-order valence-electron chi connectivity index (χ4n) is 3.13. The Morgan fingerprint density at radius 3 is 2.12 bits per heavy atom. The molecule has 0 amide bonds. The van der Waals surface area contributed by atoms with Gasteiger partial charge in [0.25, 0.3) is 5.56 Å². The lowest BCUT2D eigenvalue weighted by molar-refractivity contribution is -0.138. The molecule has 3 aromatic rings. The van der Waals surface area contributed by atoms with E-state index in [9.17, 15) is 44.3 Å². The van der Waals surface area contributed by atoms with E-state index >= 15 is 0 Å². The van der Waals surface area contributed by atoms with Gasteiger partial charge in [-0.05, 0) is 35.9 Å². The molecule has 1 heterocycles. The van der Waals surface area contributed by atoms with Gasteiger partial charge in [0.15, 0.2) is 9.84 Å². The molecule has 6 nitrogen and oxygen atoms in total. The van der Waals surface area contributed by atoms with Crippen molar-refractivity contribution in [2.24, 2.45) is 0 Å². The summed E-state index contributed by atoms with van der Waals surface area (Å²) in [5, 5.41) is -1.23. The largest absolute Gasteiger partial charge is 0.416 e. The van der Waals surface area contributed by atoms with Gasteiger partial charge in [-0.3, -0.25) is 9.36 Å². The number of nitrogens with zero attached hydrogens (tertiary/aromatic N) is 1. The number of nitrogens with one attached hydrogen (secondary N) is 1. The number of sulfone groups is 1. The SMILES string of the molecule is CCS(=O)(=O)c1ccc(C(F)(F)F)cc1Cn1c(=O)[nH]c2c(Cl)cc(C(F)(F)F)cc2c1=O. The highest BCUT2D eigenvalue weighted by atomic mass is 35.5. The lowest BCUT2D eigenvalue weighted by Crippen LogP contribution is -2.36. The molecule has 0 spiro atoms. The second kappa shape index (κ2) is 8.20. The van der Waals surface area contributed by atoms with Gasteiger partial charge in [-0.2, -0.15) is 26.3 Å². The first-order chi connectivity index (χ1) is 15.1. The number of aromatic nitrogens is 2. The topological polar surface area (TPSA) is 89.0 Å². The fraction of sp³-hybridized carbons (Fsp3) is 0.263. The van der Waals surface area contributed by atoms with Crippen molar-refractivity contribution in [1.82, 2.24) is 9.55 Å². The van der Waals surface area contributed by atoms with Gasteiger partial charge in [-0.1, -0.05) is 18.5 Å². The second-order valence-corrected chi connectivity index (χ2v) is 9.58. The molecule has 0 aliphatic carbocycles. The van der Waals surface area contributed by atoms with Crippen LogP contribution in [-0.4, -0.2) is 23.7 Å². The molecule has 0 aliphatic heterocycles. The van der Waals surface area contributed by atoms with Gasteiger partial charge in [0, 0.05) is 0 Å². The molecule has 0 fully saturated rings. The van der Waals surface area contributed by atoms with Crippen molar-refractivity contribution in [1.29, 1.82) is 0 Å². The van der Waals surface area contributed by atoms with Crippen LogP contribution in [0.5, 0.6) is 0 Å². The first kappa shape index (κ1) is 24.8. The molecule has 33 heavy (non-hydrogen) atoms. The molecule has 1 aromatic heterocycles. The summed E-state index contributed by atoms with van der Waals surface area (Å²) in [4.78, 5) is 26.9. The first-order valence-electron chi connectivity index (χ1n) is 9.02. The predicted molar refractivity (Wildman–Crippen MR) is 107 cm³/mol. The molecule has 0 radical (unpaired) electrons. The molecule has 0 saturated heterocycles. The molecule has 0 unspecified atom stereocenters.